The predicted octanol–water partition coefficient (Wildman–Crippen LogP) is -0.126. The fourth-order valence-electron chi connectivity index (χ4n) is 0.869. The number of rotatable bonds is 1. The molecule has 0 spiro atoms. The van der Waals surface area contributed by atoms with E-state index in [1.54, 1.807) is 0 Å². The SMILES string of the molecule is CCC1=NC(N)=NC(O)C1. The molecule has 56 valence electrons. The lowest BCUT2D eigenvalue weighted by molar-refractivity contribution is 0.190. The summed E-state index contributed by atoms with van der Waals surface area (Å²) in [5.41, 5.74) is 6.21. The maximum Gasteiger partial charge on any atom is 0.217 e. The fraction of sp³-hybridized carbons (Fsp3) is 0.667. The van der Waals surface area contributed by atoms with Crippen molar-refractivity contribution >= 4 is 11.7 Å². The number of aliphatic hydroxyl groups is 1. The van der Waals surface area contributed by atoms with Crippen LogP contribution in [0.1, 0.15) is 19.8 Å². The van der Waals surface area contributed by atoms with Crippen LogP contribution in [0.3, 0.4) is 0 Å². The number of guanidine groups is 1. The van der Waals surface area contributed by atoms with E-state index in [9.17, 15) is 0 Å². The zero-order valence-corrected chi connectivity index (χ0v) is 5.91. The van der Waals surface area contributed by atoms with Crippen molar-refractivity contribution in [2.75, 3.05) is 0 Å². The second-order valence-electron chi connectivity index (χ2n) is 2.20. The van der Waals surface area contributed by atoms with Crippen molar-refractivity contribution in [3.63, 3.8) is 0 Å². The van der Waals surface area contributed by atoms with Gasteiger partial charge in [0.25, 0.3) is 0 Å². The molecule has 0 aliphatic carbocycles. The molecule has 0 saturated carbocycles. The van der Waals surface area contributed by atoms with Gasteiger partial charge in [0, 0.05) is 12.1 Å². The molecule has 0 aromatic rings. The number of nitrogens with two attached hydrogens (primary N) is 1. The molecule has 1 atom stereocenters. The van der Waals surface area contributed by atoms with Gasteiger partial charge in [0.1, 0.15) is 0 Å². The normalized spacial score (nSPS) is 25.6. The van der Waals surface area contributed by atoms with Gasteiger partial charge in [0.05, 0.1) is 0 Å². The molecule has 0 radical (unpaired) electrons. The Hall–Kier alpha value is -0.900. The third-order valence-corrected chi connectivity index (χ3v) is 1.38. The van der Waals surface area contributed by atoms with Crippen LogP contribution in [0.25, 0.3) is 0 Å². The number of hydrogen-bond acceptors (Lipinski definition) is 4. The maximum atomic E-state index is 9.03. The average Bonchev–Trinajstić information content (AvgIpc) is 1.85. The highest BCUT2D eigenvalue weighted by Crippen LogP contribution is 2.05. The van der Waals surface area contributed by atoms with Crippen LogP contribution < -0.4 is 5.73 Å². The van der Waals surface area contributed by atoms with Crippen molar-refractivity contribution in [2.45, 2.75) is 26.0 Å². The number of nitrogens with zero attached hydrogens (tertiary/aromatic N) is 2. The largest absolute Gasteiger partial charge is 0.371 e. The molecule has 0 bridgehead atoms. The van der Waals surface area contributed by atoms with Gasteiger partial charge in [-0.2, -0.15) is 0 Å². The fourth-order valence-corrected chi connectivity index (χ4v) is 0.869. The molecule has 0 fully saturated rings. The van der Waals surface area contributed by atoms with E-state index in [-0.39, 0.29) is 5.96 Å². The summed E-state index contributed by atoms with van der Waals surface area (Å²) in [6.45, 7) is 1.98. The average molecular weight is 141 g/mol. The second kappa shape index (κ2) is 2.79. The van der Waals surface area contributed by atoms with Crippen LogP contribution in [0.2, 0.25) is 0 Å². The lowest BCUT2D eigenvalue weighted by Crippen LogP contribution is -2.24. The van der Waals surface area contributed by atoms with Crippen molar-refractivity contribution in [1.29, 1.82) is 0 Å². The molecule has 1 aliphatic heterocycles. The molecular weight excluding hydrogens is 130 g/mol. The summed E-state index contributed by atoms with van der Waals surface area (Å²) in [5.74, 6) is 0.190. The van der Waals surface area contributed by atoms with Gasteiger partial charge in [0.2, 0.25) is 5.96 Å². The van der Waals surface area contributed by atoms with Crippen LogP contribution in [0.15, 0.2) is 9.98 Å². The summed E-state index contributed by atoms with van der Waals surface area (Å²) >= 11 is 0. The van der Waals surface area contributed by atoms with Gasteiger partial charge in [-0.15, -0.1) is 0 Å². The Balaban J connectivity index is 2.70. The van der Waals surface area contributed by atoms with E-state index in [0.29, 0.717) is 6.42 Å². The third kappa shape index (κ3) is 1.54. The molecule has 0 saturated heterocycles. The molecule has 1 aliphatic rings. The van der Waals surface area contributed by atoms with Crippen LogP contribution in [0.5, 0.6) is 0 Å². The van der Waals surface area contributed by atoms with Crippen molar-refractivity contribution in [3.8, 4) is 0 Å². The monoisotopic (exact) mass is 141 g/mol. The lowest BCUT2D eigenvalue weighted by atomic mass is 10.2. The van der Waals surface area contributed by atoms with E-state index in [0.717, 1.165) is 12.1 Å². The molecule has 4 heteroatoms. The molecule has 1 rings (SSSR count). The van der Waals surface area contributed by atoms with Crippen molar-refractivity contribution in [1.82, 2.24) is 0 Å². The quantitative estimate of drug-likeness (QED) is 0.534. The number of aliphatic hydroxyl groups excluding tert-OH is 1. The topological polar surface area (TPSA) is 71.0 Å². The highest BCUT2D eigenvalue weighted by Gasteiger charge is 2.11. The summed E-state index contributed by atoms with van der Waals surface area (Å²) in [4.78, 5) is 7.58. The van der Waals surface area contributed by atoms with E-state index in [1.165, 1.54) is 0 Å². The first-order valence-corrected chi connectivity index (χ1v) is 3.30. The Morgan fingerprint density at radius 2 is 2.50 bits per heavy atom. The van der Waals surface area contributed by atoms with E-state index >= 15 is 0 Å². The van der Waals surface area contributed by atoms with Crippen molar-refractivity contribution < 1.29 is 5.11 Å². The Labute approximate surface area is 59.5 Å². The van der Waals surface area contributed by atoms with Gasteiger partial charge in [-0.05, 0) is 6.42 Å². The summed E-state index contributed by atoms with van der Waals surface area (Å²) in [7, 11) is 0. The minimum Gasteiger partial charge on any atom is -0.371 e. The first-order valence-electron chi connectivity index (χ1n) is 3.30. The Bertz CT molecular complexity index is 185. The van der Waals surface area contributed by atoms with Crippen LogP contribution in [0, 0.1) is 0 Å². The first kappa shape index (κ1) is 7.21. The van der Waals surface area contributed by atoms with Crippen LogP contribution in [-0.2, 0) is 0 Å². The third-order valence-electron chi connectivity index (χ3n) is 1.38. The molecular formula is C6H11N3O. The minimum atomic E-state index is -0.674. The number of aliphatic imine (C=N–C) groups is 2. The minimum absolute atomic E-state index is 0.190. The molecule has 1 heterocycles. The molecule has 0 amide bonds. The highest BCUT2D eigenvalue weighted by molar-refractivity contribution is 5.98. The highest BCUT2D eigenvalue weighted by atomic mass is 16.3. The second-order valence-corrected chi connectivity index (χ2v) is 2.20. The number of hydrogen-bond donors (Lipinski definition) is 2. The predicted molar refractivity (Wildman–Crippen MR) is 40.0 cm³/mol. The smallest absolute Gasteiger partial charge is 0.217 e. The molecule has 0 aromatic heterocycles. The van der Waals surface area contributed by atoms with E-state index in [1.807, 2.05) is 6.92 Å². The Kier molecular flexibility index (Phi) is 2.01. The molecule has 10 heavy (non-hydrogen) atoms. The van der Waals surface area contributed by atoms with Crippen molar-refractivity contribution in [2.24, 2.45) is 15.7 Å². The van der Waals surface area contributed by atoms with E-state index in [4.69, 9.17) is 10.8 Å². The zero-order chi connectivity index (χ0) is 7.56. The van der Waals surface area contributed by atoms with Gasteiger partial charge in [-0.25, -0.2) is 9.98 Å². The summed E-state index contributed by atoms with van der Waals surface area (Å²) in [5, 5.41) is 9.03. The molecule has 0 aromatic carbocycles. The van der Waals surface area contributed by atoms with Gasteiger partial charge in [-0.1, -0.05) is 6.92 Å². The molecule has 4 nitrogen and oxygen atoms in total. The Morgan fingerprint density at radius 1 is 1.80 bits per heavy atom. The lowest BCUT2D eigenvalue weighted by Gasteiger charge is -2.12. The molecule has 1 unspecified atom stereocenters. The standard InChI is InChI=1S/C6H11N3O/c1-2-4-3-5(10)9-6(7)8-4/h5,10H,2-3H2,1H3,(H2,7,9). The zero-order valence-electron chi connectivity index (χ0n) is 5.91. The van der Waals surface area contributed by atoms with Gasteiger partial charge in [0.15, 0.2) is 6.23 Å². The van der Waals surface area contributed by atoms with Gasteiger partial charge >= 0.3 is 0 Å². The van der Waals surface area contributed by atoms with Gasteiger partial charge in [-0.3, -0.25) is 0 Å². The summed E-state index contributed by atoms with van der Waals surface area (Å²) in [6.07, 6.45) is 0.678. The van der Waals surface area contributed by atoms with E-state index < -0.39 is 6.23 Å². The summed E-state index contributed by atoms with van der Waals surface area (Å²) < 4.78 is 0. The summed E-state index contributed by atoms with van der Waals surface area (Å²) in [6, 6.07) is 0. The first-order chi connectivity index (χ1) is 4.72. The maximum absolute atomic E-state index is 9.03. The van der Waals surface area contributed by atoms with Crippen LogP contribution >= 0.6 is 0 Å². The Morgan fingerprint density at radius 3 is 3.00 bits per heavy atom. The van der Waals surface area contributed by atoms with E-state index in [2.05, 4.69) is 9.98 Å². The van der Waals surface area contributed by atoms with Crippen molar-refractivity contribution in [3.05, 3.63) is 0 Å². The molecule has 3 N–H and O–H groups in total. The van der Waals surface area contributed by atoms with Crippen LogP contribution in [-0.4, -0.2) is 23.0 Å². The van der Waals surface area contributed by atoms with Crippen LogP contribution in [0.4, 0.5) is 0 Å². The van der Waals surface area contributed by atoms with Gasteiger partial charge < -0.3 is 10.8 Å².